The maximum atomic E-state index is 12.4. The third-order valence-corrected chi connectivity index (χ3v) is 4.21. The monoisotopic (exact) mass is 396 g/mol. The van der Waals surface area contributed by atoms with Crippen molar-refractivity contribution < 1.29 is 28.6 Å². The van der Waals surface area contributed by atoms with E-state index in [4.69, 9.17) is 9.47 Å². The van der Waals surface area contributed by atoms with Crippen LogP contribution in [0.1, 0.15) is 11.1 Å². The average Bonchev–Trinajstić information content (AvgIpc) is 3.00. The number of hydrogen-bond donors (Lipinski definition) is 1. The summed E-state index contributed by atoms with van der Waals surface area (Å²) in [6.45, 7) is -0.105. The highest BCUT2D eigenvalue weighted by molar-refractivity contribution is 6.15. The van der Waals surface area contributed by atoms with E-state index in [-0.39, 0.29) is 5.70 Å². The summed E-state index contributed by atoms with van der Waals surface area (Å²) in [5.74, 6) is -0.259. The predicted molar refractivity (Wildman–Crippen MR) is 104 cm³/mol. The third kappa shape index (κ3) is 4.73. The third-order valence-electron chi connectivity index (χ3n) is 4.21. The molecule has 0 saturated carbocycles. The lowest BCUT2D eigenvalue weighted by molar-refractivity contribution is -0.143. The summed E-state index contributed by atoms with van der Waals surface area (Å²) in [6, 6.07) is 14.1. The van der Waals surface area contributed by atoms with Gasteiger partial charge in [-0.1, -0.05) is 36.4 Å². The number of urea groups is 1. The predicted octanol–water partition coefficient (Wildman–Crippen LogP) is 2.34. The summed E-state index contributed by atoms with van der Waals surface area (Å²) < 4.78 is 15.7. The maximum Gasteiger partial charge on any atom is 0.329 e. The first-order valence-electron chi connectivity index (χ1n) is 8.78. The van der Waals surface area contributed by atoms with E-state index in [1.807, 2.05) is 30.3 Å². The van der Waals surface area contributed by atoms with Gasteiger partial charge in [0, 0.05) is 0 Å². The van der Waals surface area contributed by atoms with E-state index < -0.39 is 24.5 Å². The van der Waals surface area contributed by atoms with E-state index in [9.17, 15) is 14.4 Å². The number of benzene rings is 2. The smallest absolute Gasteiger partial charge is 0.329 e. The minimum Gasteiger partial charge on any atom is -0.493 e. The average molecular weight is 396 g/mol. The van der Waals surface area contributed by atoms with Gasteiger partial charge < -0.3 is 19.5 Å². The van der Waals surface area contributed by atoms with Gasteiger partial charge in [-0.05, 0) is 29.3 Å². The Bertz CT molecular complexity index is 955. The van der Waals surface area contributed by atoms with Gasteiger partial charge in [0.2, 0.25) is 0 Å². The Morgan fingerprint density at radius 1 is 1.07 bits per heavy atom. The number of ether oxygens (including phenoxy) is 3. The molecule has 8 heteroatoms. The number of nitrogens with zero attached hydrogens (tertiary/aromatic N) is 1. The summed E-state index contributed by atoms with van der Waals surface area (Å²) in [6.07, 6.45) is 1.51. The van der Waals surface area contributed by atoms with Crippen molar-refractivity contribution in [3.05, 3.63) is 65.4 Å². The summed E-state index contributed by atoms with van der Waals surface area (Å²) in [4.78, 5) is 36.5. The molecular formula is C21H20N2O6. The summed E-state index contributed by atoms with van der Waals surface area (Å²) in [7, 11) is 2.72. The number of nitrogens with one attached hydrogen (secondary N) is 1. The first kappa shape index (κ1) is 19.9. The van der Waals surface area contributed by atoms with Crippen LogP contribution in [-0.4, -0.2) is 43.6 Å². The highest BCUT2D eigenvalue weighted by atomic mass is 16.5. The highest BCUT2D eigenvalue weighted by Crippen LogP contribution is 2.30. The maximum absolute atomic E-state index is 12.4. The standard InChI is InChI=1S/C21H20N2O6/c1-27-17-9-8-15(11-18(17)29-13-14-6-4-3-5-7-14)10-16-20(25)23(21(26)22-16)12-19(24)28-2/h3-11H,12-13H2,1-2H3,(H,22,26)/b16-10+. The Balaban J connectivity index is 1.79. The fourth-order valence-corrected chi connectivity index (χ4v) is 2.71. The fourth-order valence-electron chi connectivity index (χ4n) is 2.71. The Labute approximate surface area is 167 Å². The van der Waals surface area contributed by atoms with Gasteiger partial charge in [-0.15, -0.1) is 0 Å². The second kappa shape index (κ2) is 8.92. The Kier molecular flexibility index (Phi) is 6.13. The van der Waals surface area contributed by atoms with E-state index in [1.165, 1.54) is 20.3 Å². The van der Waals surface area contributed by atoms with Crippen LogP contribution < -0.4 is 14.8 Å². The Morgan fingerprint density at radius 2 is 1.83 bits per heavy atom. The molecule has 1 aliphatic rings. The quantitative estimate of drug-likeness (QED) is 0.439. The molecule has 0 bridgehead atoms. The van der Waals surface area contributed by atoms with Crippen molar-refractivity contribution in [1.82, 2.24) is 10.2 Å². The zero-order valence-corrected chi connectivity index (χ0v) is 16.0. The van der Waals surface area contributed by atoms with Crippen LogP contribution in [0.2, 0.25) is 0 Å². The van der Waals surface area contributed by atoms with Crippen molar-refractivity contribution in [2.45, 2.75) is 6.61 Å². The van der Waals surface area contributed by atoms with E-state index in [0.29, 0.717) is 23.7 Å². The highest BCUT2D eigenvalue weighted by Gasteiger charge is 2.35. The van der Waals surface area contributed by atoms with E-state index in [1.54, 1.807) is 18.2 Å². The van der Waals surface area contributed by atoms with Gasteiger partial charge in [-0.2, -0.15) is 0 Å². The first-order chi connectivity index (χ1) is 14.0. The van der Waals surface area contributed by atoms with Gasteiger partial charge >= 0.3 is 12.0 Å². The van der Waals surface area contributed by atoms with Crippen LogP contribution in [0.15, 0.2) is 54.2 Å². The van der Waals surface area contributed by atoms with Crippen molar-refractivity contribution in [3.63, 3.8) is 0 Å². The van der Waals surface area contributed by atoms with Crippen LogP contribution in [0.25, 0.3) is 6.08 Å². The molecule has 2 aromatic rings. The lowest BCUT2D eigenvalue weighted by atomic mass is 10.1. The van der Waals surface area contributed by atoms with E-state index in [2.05, 4.69) is 10.1 Å². The summed E-state index contributed by atoms with van der Waals surface area (Å²) in [5.41, 5.74) is 1.67. The number of esters is 1. The molecule has 1 aliphatic heterocycles. The molecule has 1 N–H and O–H groups in total. The molecule has 2 aromatic carbocycles. The van der Waals surface area contributed by atoms with Crippen LogP contribution in [-0.2, 0) is 20.9 Å². The van der Waals surface area contributed by atoms with Gasteiger partial charge in [-0.25, -0.2) is 9.69 Å². The number of carbonyl (C=O) groups is 3. The second-order valence-electron chi connectivity index (χ2n) is 6.14. The normalized spacial score (nSPS) is 14.7. The van der Waals surface area contributed by atoms with E-state index >= 15 is 0 Å². The Morgan fingerprint density at radius 3 is 2.52 bits per heavy atom. The molecule has 0 radical (unpaired) electrons. The molecule has 0 spiro atoms. The zero-order valence-electron chi connectivity index (χ0n) is 16.0. The van der Waals surface area contributed by atoms with Crippen molar-refractivity contribution in [2.24, 2.45) is 0 Å². The van der Waals surface area contributed by atoms with Gasteiger partial charge in [-0.3, -0.25) is 9.59 Å². The molecule has 0 unspecified atom stereocenters. The van der Waals surface area contributed by atoms with Crippen molar-refractivity contribution in [1.29, 1.82) is 0 Å². The number of imide groups is 1. The van der Waals surface area contributed by atoms with Crippen molar-refractivity contribution >= 4 is 24.0 Å². The van der Waals surface area contributed by atoms with E-state index in [0.717, 1.165) is 10.5 Å². The molecule has 29 heavy (non-hydrogen) atoms. The molecular weight excluding hydrogens is 376 g/mol. The van der Waals surface area contributed by atoms with Crippen molar-refractivity contribution in [2.75, 3.05) is 20.8 Å². The molecule has 8 nitrogen and oxygen atoms in total. The largest absolute Gasteiger partial charge is 0.493 e. The second-order valence-corrected chi connectivity index (χ2v) is 6.14. The SMILES string of the molecule is COC(=O)CN1C(=O)N/C(=C/c2ccc(OC)c(OCc3ccccc3)c2)C1=O. The minimum absolute atomic E-state index is 0.0538. The van der Waals surface area contributed by atoms with Crippen LogP contribution in [0.3, 0.4) is 0 Å². The number of carbonyl (C=O) groups excluding carboxylic acids is 3. The van der Waals surface area contributed by atoms with Crippen LogP contribution in [0.4, 0.5) is 4.79 Å². The first-order valence-corrected chi connectivity index (χ1v) is 8.78. The van der Waals surface area contributed by atoms with Gasteiger partial charge in [0.1, 0.15) is 18.8 Å². The number of rotatable bonds is 7. The summed E-state index contributed by atoms with van der Waals surface area (Å²) in [5, 5.41) is 2.46. The van der Waals surface area contributed by atoms with Crippen LogP contribution >= 0.6 is 0 Å². The zero-order chi connectivity index (χ0) is 20.8. The van der Waals surface area contributed by atoms with Gasteiger partial charge in [0.15, 0.2) is 11.5 Å². The number of amides is 3. The molecule has 1 heterocycles. The van der Waals surface area contributed by atoms with Crippen molar-refractivity contribution in [3.8, 4) is 11.5 Å². The molecule has 0 aliphatic carbocycles. The fraction of sp³-hybridized carbons (Fsp3) is 0.190. The number of methoxy groups -OCH3 is 2. The number of hydrogen-bond acceptors (Lipinski definition) is 6. The molecule has 3 rings (SSSR count). The molecule has 0 atom stereocenters. The van der Waals surface area contributed by atoms with Crippen LogP contribution in [0, 0.1) is 0 Å². The van der Waals surface area contributed by atoms with Gasteiger partial charge in [0.25, 0.3) is 5.91 Å². The molecule has 150 valence electrons. The lowest BCUT2D eigenvalue weighted by Crippen LogP contribution is -2.36. The molecule has 0 aromatic heterocycles. The van der Waals surface area contributed by atoms with Gasteiger partial charge in [0.05, 0.1) is 14.2 Å². The minimum atomic E-state index is -0.684. The van der Waals surface area contributed by atoms with Crippen LogP contribution in [0.5, 0.6) is 11.5 Å². The molecule has 1 fully saturated rings. The molecule has 3 amide bonds. The Hall–Kier alpha value is -3.81. The summed E-state index contributed by atoms with van der Waals surface area (Å²) >= 11 is 0. The molecule has 1 saturated heterocycles. The topological polar surface area (TPSA) is 94.2 Å². The lowest BCUT2D eigenvalue weighted by Gasteiger charge is -2.12.